The molecule has 0 unspecified atom stereocenters. The van der Waals surface area contributed by atoms with E-state index in [9.17, 15) is 9.90 Å². The Balaban J connectivity index is 2.29. The maximum atomic E-state index is 12.2. The normalized spacial score (nSPS) is 11.5. The second kappa shape index (κ2) is 6.96. The number of hydrogen-bond acceptors (Lipinski definition) is 3. The summed E-state index contributed by atoms with van der Waals surface area (Å²) in [5, 5.41) is 16.7. The summed E-state index contributed by atoms with van der Waals surface area (Å²) in [6.45, 7) is 8.41. The number of aliphatic hydroxyl groups is 1. The van der Waals surface area contributed by atoms with E-state index >= 15 is 0 Å². The molecular weight excluding hydrogens is 290 g/mol. The van der Waals surface area contributed by atoms with Gasteiger partial charge in [-0.05, 0) is 17.9 Å². The number of hydrogen-bond donors (Lipinski definition) is 2. The molecule has 0 aliphatic rings. The summed E-state index contributed by atoms with van der Waals surface area (Å²) in [5.74, 6) is 0.569. The van der Waals surface area contributed by atoms with E-state index in [0.717, 1.165) is 16.8 Å². The van der Waals surface area contributed by atoms with Crippen LogP contribution in [0.15, 0.2) is 30.3 Å². The second-order valence-corrected chi connectivity index (χ2v) is 6.96. The quantitative estimate of drug-likeness (QED) is 0.890. The van der Waals surface area contributed by atoms with Gasteiger partial charge in [-0.25, -0.2) is 4.68 Å². The zero-order valence-electron chi connectivity index (χ0n) is 14.3. The summed E-state index contributed by atoms with van der Waals surface area (Å²) < 4.78 is 1.64. The molecule has 1 aromatic carbocycles. The largest absolute Gasteiger partial charge is 0.394 e. The molecule has 0 aliphatic heterocycles. The van der Waals surface area contributed by atoms with E-state index in [0.29, 0.717) is 18.8 Å². The summed E-state index contributed by atoms with van der Waals surface area (Å²) in [7, 11) is 0. The Bertz CT molecular complexity index is 684. The number of benzene rings is 1. The standard InChI is InChI=1S/C18H25N3O2/c1-13-7-5-6-8-14(13)15-11-16(21(20-15)9-10-22)19-17(23)12-18(2,3)4/h5-8,11,22H,9-10,12H2,1-4H3,(H,19,23). The molecule has 0 saturated carbocycles. The zero-order valence-corrected chi connectivity index (χ0v) is 14.3. The monoisotopic (exact) mass is 315 g/mol. The third-order valence-electron chi connectivity index (χ3n) is 3.47. The average Bonchev–Trinajstić information content (AvgIpc) is 2.80. The third-order valence-corrected chi connectivity index (χ3v) is 3.47. The van der Waals surface area contributed by atoms with Gasteiger partial charge in [0.05, 0.1) is 18.8 Å². The topological polar surface area (TPSA) is 67.2 Å². The number of anilines is 1. The van der Waals surface area contributed by atoms with Crippen molar-refractivity contribution in [2.24, 2.45) is 5.41 Å². The summed E-state index contributed by atoms with van der Waals surface area (Å²) in [6, 6.07) is 9.83. The highest BCUT2D eigenvalue weighted by Gasteiger charge is 2.18. The van der Waals surface area contributed by atoms with E-state index in [1.807, 2.05) is 58.0 Å². The van der Waals surface area contributed by atoms with Crippen LogP contribution >= 0.6 is 0 Å². The summed E-state index contributed by atoms with van der Waals surface area (Å²) in [4.78, 5) is 12.2. The lowest BCUT2D eigenvalue weighted by Gasteiger charge is -2.17. The summed E-state index contributed by atoms with van der Waals surface area (Å²) in [5.41, 5.74) is 2.86. The van der Waals surface area contributed by atoms with Crippen molar-refractivity contribution in [2.45, 2.75) is 40.7 Å². The lowest BCUT2D eigenvalue weighted by molar-refractivity contribution is -0.117. The fourth-order valence-electron chi connectivity index (χ4n) is 2.44. The summed E-state index contributed by atoms with van der Waals surface area (Å²) in [6.07, 6.45) is 0.428. The fraction of sp³-hybridized carbons (Fsp3) is 0.444. The molecule has 0 fully saturated rings. The number of nitrogens with one attached hydrogen (secondary N) is 1. The first-order valence-corrected chi connectivity index (χ1v) is 7.85. The minimum atomic E-state index is -0.0786. The van der Waals surface area contributed by atoms with Gasteiger partial charge < -0.3 is 10.4 Å². The molecule has 2 rings (SSSR count). The molecule has 0 bridgehead atoms. The zero-order chi connectivity index (χ0) is 17.0. The molecule has 5 nitrogen and oxygen atoms in total. The number of aromatic nitrogens is 2. The molecule has 1 amide bonds. The second-order valence-electron chi connectivity index (χ2n) is 6.96. The number of rotatable bonds is 5. The van der Waals surface area contributed by atoms with Gasteiger partial charge in [0, 0.05) is 18.1 Å². The van der Waals surface area contributed by atoms with Crippen LogP contribution in [0.25, 0.3) is 11.3 Å². The Kier molecular flexibility index (Phi) is 5.21. The molecule has 124 valence electrons. The van der Waals surface area contributed by atoms with E-state index in [2.05, 4.69) is 10.4 Å². The van der Waals surface area contributed by atoms with Crippen LogP contribution in [0.4, 0.5) is 5.82 Å². The fourth-order valence-corrected chi connectivity index (χ4v) is 2.44. The van der Waals surface area contributed by atoms with Crippen LogP contribution in [-0.4, -0.2) is 27.4 Å². The highest BCUT2D eigenvalue weighted by atomic mass is 16.3. The number of nitrogens with zero attached hydrogens (tertiary/aromatic N) is 2. The first kappa shape index (κ1) is 17.2. The molecule has 0 aliphatic carbocycles. The van der Waals surface area contributed by atoms with Crippen molar-refractivity contribution in [3.05, 3.63) is 35.9 Å². The van der Waals surface area contributed by atoms with E-state index in [1.165, 1.54) is 0 Å². The first-order valence-electron chi connectivity index (χ1n) is 7.85. The average molecular weight is 315 g/mol. The van der Waals surface area contributed by atoms with E-state index in [1.54, 1.807) is 4.68 Å². The Hall–Kier alpha value is -2.14. The van der Waals surface area contributed by atoms with Crippen LogP contribution in [0.1, 0.15) is 32.8 Å². The van der Waals surface area contributed by atoms with Gasteiger partial charge in [0.15, 0.2) is 0 Å². The Morgan fingerprint density at radius 2 is 2.00 bits per heavy atom. The SMILES string of the molecule is Cc1ccccc1-c1cc(NC(=O)CC(C)(C)C)n(CCO)n1. The van der Waals surface area contributed by atoms with Crippen molar-refractivity contribution in [3.63, 3.8) is 0 Å². The third kappa shape index (κ3) is 4.66. The van der Waals surface area contributed by atoms with Gasteiger partial charge in [-0.1, -0.05) is 45.0 Å². The van der Waals surface area contributed by atoms with Crippen molar-refractivity contribution in [3.8, 4) is 11.3 Å². The molecule has 1 aromatic heterocycles. The smallest absolute Gasteiger partial charge is 0.226 e. The number of aryl methyl sites for hydroxylation is 1. The molecule has 2 aromatic rings. The molecular formula is C18H25N3O2. The molecule has 23 heavy (non-hydrogen) atoms. The number of carbonyl (C=O) groups excluding carboxylic acids is 1. The van der Waals surface area contributed by atoms with Crippen molar-refractivity contribution in [2.75, 3.05) is 11.9 Å². The van der Waals surface area contributed by atoms with Gasteiger partial charge in [-0.15, -0.1) is 0 Å². The van der Waals surface area contributed by atoms with E-state index < -0.39 is 0 Å². The van der Waals surface area contributed by atoms with Crippen molar-refractivity contribution in [1.82, 2.24) is 9.78 Å². The molecule has 0 atom stereocenters. The van der Waals surface area contributed by atoms with Crippen molar-refractivity contribution < 1.29 is 9.90 Å². The van der Waals surface area contributed by atoms with E-state index in [4.69, 9.17) is 0 Å². The van der Waals surface area contributed by atoms with Crippen LogP contribution in [0, 0.1) is 12.3 Å². The Labute approximate surface area is 137 Å². The Morgan fingerprint density at radius 3 is 2.61 bits per heavy atom. The predicted molar refractivity (Wildman–Crippen MR) is 92.2 cm³/mol. The van der Waals surface area contributed by atoms with Gasteiger partial charge in [0.1, 0.15) is 5.82 Å². The number of aliphatic hydroxyl groups excluding tert-OH is 1. The van der Waals surface area contributed by atoms with Crippen LogP contribution in [0.3, 0.4) is 0 Å². The maximum Gasteiger partial charge on any atom is 0.226 e. The Morgan fingerprint density at radius 1 is 1.30 bits per heavy atom. The van der Waals surface area contributed by atoms with Gasteiger partial charge in [-0.2, -0.15) is 5.10 Å². The van der Waals surface area contributed by atoms with Gasteiger partial charge in [0.2, 0.25) is 5.91 Å². The van der Waals surface area contributed by atoms with Gasteiger partial charge >= 0.3 is 0 Å². The van der Waals surface area contributed by atoms with E-state index in [-0.39, 0.29) is 17.9 Å². The van der Waals surface area contributed by atoms with Gasteiger partial charge in [-0.3, -0.25) is 4.79 Å². The summed E-state index contributed by atoms with van der Waals surface area (Å²) >= 11 is 0. The molecule has 0 spiro atoms. The first-order chi connectivity index (χ1) is 10.8. The van der Waals surface area contributed by atoms with Crippen LogP contribution in [0.2, 0.25) is 0 Å². The number of carbonyl (C=O) groups is 1. The highest BCUT2D eigenvalue weighted by Crippen LogP contribution is 2.26. The van der Waals surface area contributed by atoms with Crippen LogP contribution in [-0.2, 0) is 11.3 Å². The number of amides is 1. The van der Waals surface area contributed by atoms with Crippen molar-refractivity contribution in [1.29, 1.82) is 0 Å². The maximum absolute atomic E-state index is 12.2. The molecule has 5 heteroatoms. The highest BCUT2D eigenvalue weighted by molar-refractivity contribution is 5.91. The lowest BCUT2D eigenvalue weighted by atomic mass is 9.92. The molecule has 2 N–H and O–H groups in total. The predicted octanol–water partition coefficient (Wildman–Crippen LogP) is 3.23. The van der Waals surface area contributed by atoms with Crippen LogP contribution in [0.5, 0.6) is 0 Å². The molecule has 0 saturated heterocycles. The molecule has 0 radical (unpaired) electrons. The van der Waals surface area contributed by atoms with Gasteiger partial charge in [0.25, 0.3) is 0 Å². The van der Waals surface area contributed by atoms with Crippen LogP contribution < -0.4 is 5.32 Å². The minimum Gasteiger partial charge on any atom is -0.394 e. The van der Waals surface area contributed by atoms with Crippen molar-refractivity contribution >= 4 is 11.7 Å². The molecule has 1 heterocycles. The minimum absolute atomic E-state index is 0.0307. The lowest BCUT2D eigenvalue weighted by Crippen LogP contribution is -2.21.